The van der Waals surface area contributed by atoms with E-state index >= 15 is 0 Å². The molecule has 0 saturated carbocycles. The fourth-order valence-electron chi connectivity index (χ4n) is 3.15. The predicted molar refractivity (Wildman–Crippen MR) is 88.1 cm³/mol. The monoisotopic (exact) mass is 322 g/mol. The van der Waals surface area contributed by atoms with Crippen LogP contribution in [0.15, 0.2) is 41.2 Å². The van der Waals surface area contributed by atoms with Gasteiger partial charge in [0, 0.05) is 10.9 Å². The highest BCUT2D eigenvalue weighted by molar-refractivity contribution is 5.83. The van der Waals surface area contributed by atoms with Crippen LogP contribution in [-0.2, 0) is 17.9 Å². The average molecular weight is 322 g/mol. The number of fused-ring (bicyclic) bond motifs is 4. The van der Waals surface area contributed by atoms with Crippen LogP contribution >= 0.6 is 0 Å². The Morgan fingerprint density at radius 2 is 2.12 bits per heavy atom. The molecule has 0 atom stereocenters. The predicted octanol–water partition coefficient (Wildman–Crippen LogP) is 2.93. The van der Waals surface area contributed by atoms with Crippen molar-refractivity contribution in [3.05, 3.63) is 63.4 Å². The molecular weight excluding hydrogens is 308 g/mol. The number of pyridine rings is 2. The maximum Gasteiger partial charge on any atom is 0.506 e. The van der Waals surface area contributed by atoms with Crippen molar-refractivity contribution in [2.45, 2.75) is 20.1 Å². The van der Waals surface area contributed by atoms with Crippen LogP contribution in [0.5, 0.6) is 0 Å². The van der Waals surface area contributed by atoms with Crippen molar-refractivity contribution in [1.82, 2.24) is 9.55 Å². The number of para-hydroxylation sites is 1. The lowest BCUT2D eigenvalue weighted by atomic mass is 10.1. The van der Waals surface area contributed by atoms with Crippen molar-refractivity contribution in [3.8, 4) is 11.4 Å². The van der Waals surface area contributed by atoms with Crippen LogP contribution in [0.3, 0.4) is 0 Å². The zero-order valence-corrected chi connectivity index (χ0v) is 12.9. The van der Waals surface area contributed by atoms with Gasteiger partial charge < -0.3 is 14.4 Å². The minimum Gasteiger partial charge on any atom is -0.450 e. The Balaban J connectivity index is 1.87. The molecule has 0 amide bonds. The van der Waals surface area contributed by atoms with Gasteiger partial charge in [0.25, 0.3) is 5.56 Å². The molecule has 0 radical (unpaired) electrons. The molecule has 1 aliphatic rings. The number of nitrogens with zero attached hydrogens (tertiary/aromatic N) is 2. The van der Waals surface area contributed by atoms with Gasteiger partial charge in [-0.2, -0.15) is 0 Å². The van der Waals surface area contributed by atoms with Crippen LogP contribution in [0, 0.1) is 6.92 Å². The van der Waals surface area contributed by atoms with Crippen molar-refractivity contribution in [3.63, 3.8) is 0 Å². The molecule has 120 valence electrons. The minimum absolute atomic E-state index is 0.228. The van der Waals surface area contributed by atoms with Crippen LogP contribution in [-0.4, -0.2) is 20.8 Å². The summed E-state index contributed by atoms with van der Waals surface area (Å²) in [6, 6.07) is 11.7. The highest BCUT2D eigenvalue weighted by atomic mass is 16.7. The molecule has 6 heteroatoms. The number of benzene rings is 1. The molecule has 0 spiro atoms. The zero-order chi connectivity index (χ0) is 16.8. The lowest BCUT2D eigenvalue weighted by Gasteiger charge is -2.10. The SMILES string of the molecule is Cc1cc2n(c(=O)c1COC(=O)O)Cc1cc3ccccc3nc1-2. The summed E-state index contributed by atoms with van der Waals surface area (Å²) in [6.07, 6.45) is -1.39. The van der Waals surface area contributed by atoms with Crippen LogP contribution < -0.4 is 5.56 Å². The standard InChI is InChI=1S/C18H14N2O4/c1-10-6-15-16-12(7-11-4-2-3-5-14(11)19-16)8-20(15)17(21)13(10)9-24-18(22)23/h2-7H,8-9H2,1H3,(H,22,23). The Hall–Kier alpha value is -3.15. The Kier molecular flexibility index (Phi) is 3.13. The van der Waals surface area contributed by atoms with Gasteiger partial charge in [0.05, 0.1) is 29.0 Å². The van der Waals surface area contributed by atoms with Gasteiger partial charge >= 0.3 is 6.16 Å². The van der Waals surface area contributed by atoms with Gasteiger partial charge in [-0.25, -0.2) is 9.78 Å². The van der Waals surface area contributed by atoms with E-state index in [1.165, 1.54) is 0 Å². The molecule has 1 N–H and O–H groups in total. The third-order valence-corrected chi connectivity index (χ3v) is 4.34. The molecule has 6 nitrogen and oxygen atoms in total. The van der Waals surface area contributed by atoms with Gasteiger partial charge in [-0.15, -0.1) is 0 Å². The van der Waals surface area contributed by atoms with E-state index in [0.717, 1.165) is 27.9 Å². The maximum absolute atomic E-state index is 12.7. The number of rotatable bonds is 2. The van der Waals surface area contributed by atoms with Gasteiger partial charge in [0.15, 0.2) is 0 Å². The van der Waals surface area contributed by atoms with Crippen molar-refractivity contribution in [2.24, 2.45) is 0 Å². The van der Waals surface area contributed by atoms with E-state index in [-0.39, 0.29) is 12.2 Å². The molecule has 1 aliphatic heterocycles. The molecule has 0 aliphatic carbocycles. The number of hydrogen-bond donors (Lipinski definition) is 1. The lowest BCUT2D eigenvalue weighted by molar-refractivity contribution is 0.0848. The Morgan fingerprint density at radius 3 is 2.92 bits per heavy atom. The summed E-state index contributed by atoms with van der Waals surface area (Å²) in [5.74, 6) is 0. The van der Waals surface area contributed by atoms with Gasteiger partial charge in [0.2, 0.25) is 0 Å². The van der Waals surface area contributed by atoms with E-state index < -0.39 is 6.16 Å². The number of aryl methyl sites for hydroxylation is 1. The van der Waals surface area contributed by atoms with E-state index in [0.29, 0.717) is 17.7 Å². The normalized spacial score (nSPS) is 12.0. The number of hydrogen-bond acceptors (Lipinski definition) is 4. The van der Waals surface area contributed by atoms with Crippen LogP contribution in [0.4, 0.5) is 4.79 Å². The maximum atomic E-state index is 12.7. The van der Waals surface area contributed by atoms with E-state index in [1.807, 2.05) is 36.4 Å². The summed E-state index contributed by atoms with van der Waals surface area (Å²) in [6.45, 7) is 1.97. The molecule has 0 fully saturated rings. The van der Waals surface area contributed by atoms with E-state index in [9.17, 15) is 9.59 Å². The third kappa shape index (κ3) is 2.15. The Bertz CT molecular complexity index is 1050. The second-order valence-corrected chi connectivity index (χ2v) is 5.83. The fourth-order valence-corrected chi connectivity index (χ4v) is 3.15. The Labute approximate surface area is 137 Å². The number of ether oxygens (including phenoxy) is 1. The van der Waals surface area contributed by atoms with Crippen LogP contribution in [0.25, 0.3) is 22.3 Å². The average Bonchev–Trinajstić information content (AvgIpc) is 2.90. The summed E-state index contributed by atoms with van der Waals surface area (Å²) in [5.41, 5.74) is 4.27. The summed E-state index contributed by atoms with van der Waals surface area (Å²) in [5, 5.41) is 9.69. The smallest absolute Gasteiger partial charge is 0.450 e. The summed E-state index contributed by atoms with van der Waals surface area (Å²) in [7, 11) is 0. The summed E-state index contributed by atoms with van der Waals surface area (Å²) < 4.78 is 6.21. The molecule has 0 bridgehead atoms. The highest BCUT2D eigenvalue weighted by Gasteiger charge is 2.24. The molecule has 0 unspecified atom stereocenters. The second-order valence-electron chi connectivity index (χ2n) is 5.83. The molecule has 3 heterocycles. The van der Waals surface area contributed by atoms with Crippen molar-refractivity contribution >= 4 is 17.1 Å². The highest BCUT2D eigenvalue weighted by Crippen LogP contribution is 2.32. The molecule has 4 rings (SSSR count). The first-order valence-corrected chi connectivity index (χ1v) is 7.52. The minimum atomic E-state index is -1.39. The summed E-state index contributed by atoms with van der Waals surface area (Å²) in [4.78, 5) is 28.0. The molecule has 0 saturated heterocycles. The molecule has 24 heavy (non-hydrogen) atoms. The van der Waals surface area contributed by atoms with Gasteiger partial charge in [0.1, 0.15) is 6.61 Å². The Morgan fingerprint density at radius 1 is 1.33 bits per heavy atom. The first-order chi connectivity index (χ1) is 11.5. The number of aromatic nitrogens is 2. The van der Waals surface area contributed by atoms with E-state index in [2.05, 4.69) is 4.74 Å². The van der Waals surface area contributed by atoms with Gasteiger partial charge in [-0.3, -0.25) is 4.79 Å². The van der Waals surface area contributed by atoms with Crippen LogP contribution in [0.2, 0.25) is 0 Å². The first kappa shape index (κ1) is 14.4. The van der Waals surface area contributed by atoms with Crippen LogP contribution in [0.1, 0.15) is 16.7 Å². The largest absolute Gasteiger partial charge is 0.506 e. The van der Waals surface area contributed by atoms with E-state index in [4.69, 9.17) is 10.1 Å². The number of carboxylic acid groups (broad SMARTS) is 1. The van der Waals surface area contributed by atoms with Crippen molar-refractivity contribution < 1.29 is 14.6 Å². The summed E-state index contributed by atoms with van der Waals surface area (Å²) >= 11 is 0. The molecule has 2 aromatic heterocycles. The fraction of sp³-hybridized carbons (Fsp3) is 0.167. The number of carbonyl (C=O) groups is 1. The zero-order valence-electron chi connectivity index (χ0n) is 12.9. The second kappa shape index (κ2) is 5.19. The lowest BCUT2D eigenvalue weighted by Crippen LogP contribution is -2.25. The first-order valence-electron chi connectivity index (χ1n) is 7.52. The molecule has 3 aromatic rings. The van der Waals surface area contributed by atoms with Gasteiger partial charge in [-0.1, -0.05) is 18.2 Å². The van der Waals surface area contributed by atoms with Crippen molar-refractivity contribution in [2.75, 3.05) is 0 Å². The van der Waals surface area contributed by atoms with Crippen molar-refractivity contribution in [1.29, 1.82) is 0 Å². The third-order valence-electron chi connectivity index (χ3n) is 4.34. The van der Waals surface area contributed by atoms with E-state index in [1.54, 1.807) is 11.5 Å². The molecule has 1 aromatic carbocycles. The van der Waals surface area contributed by atoms with Gasteiger partial charge in [-0.05, 0) is 30.7 Å². The quantitative estimate of drug-likeness (QED) is 0.574. The topological polar surface area (TPSA) is 81.4 Å². The molecular formula is C18H14N2O4.